The molecule has 0 unspecified atom stereocenters. The minimum absolute atomic E-state index is 0.179. The lowest BCUT2D eigenvalue weighted by molar-refractivity contribution is -0.139. The highest BCUT2D eigenvalue weighted by molar-refractivity contribution is 7.07. The van der Waals surface area contributed by atoms with E-state index in [2.05, 4.69) is 4.99 Å². The van der Waals surface area contributed by atoms with E-state index in [1.165, 1.54) is 23.0 Å². The lowest BCUT2D eigenvalue weighted by Crippen LogP contribution is -2.40. The van der Waals surface area contributed by atoms with Gasteiger partial charge in [-0.25, -0.2) is 9.79 Å². The fourth-order valence-corrected chi connectivity index (χ4v) is 5.55. The summed E-state index contributed by atoms with van der Waals surface area (Å²) in [6, 6.07) is 9.59. The molecule has 36 heavy (non-hydrogen) atoms. The Morgan fingerprint density at radius 3 is 2.64 bits per heavy atom. The molecule has 2 aromatic carbocycles. The summed E-state index contributed by atoms with van der Waals surface area (Å²) in [6.07, 6.45) is 1.69. The third-order valence-electron chi connectivity index (χ3n) is 5.58. The second-order valence-corrected chi connectivity index (χ2v) is 9.63. The molecule has 188 valence electrons. The Morgan fingerprint density at radius 1 is 1.19 bits per heavy atom. The van der Waals surface area contributed by atoms with Crippen molar-refractivity contribution in [1.29, 1.82) is 0 Å². The summed E-state index contributed by atoms with van der Waals surface area (Å²) in [5.74, 6) is 0.380. The highest BCUT2D eigenvalue weighted by Crippen LogP contribution is 2.40. The normalized spacial score (nSPS) is 15.4. The first-order valence-corrected chi connectivity index (χ1v) is 12.8. The van der Waals surface area contributed by atoms with E-state index in [4.69, 9.17) is 37.4 Å². The molecule has 2 heterocycles. The van der Waals surface area contributed by atoms with Gasteiger partial charge in [-0.05, 0) is 50.6 Å². The van der Waals surface area contributed by atoms with Gasteiger partial charge in [-0.1, -0.05) is 52.7 Å². The summed E-state index contributed by atoms with van der Waals surface area (Å²) in [5.41, 5.74) is 1.62. The van der Waals surface area contributed by atoms with Gasteiger partial charge in [0.2, 0.25) is 0 Å². The van der Waals surface area contributed by atoms with Crippen molar-refractivity contribution >= 4 is 46.6 Å². The molecule has 1 aromatic heterocycles. The Hall–Kier alpha value is -3.07. The summed E-state index contributed by atoms with van der Waals surface area (Å²) in [7, 11) is 1.54. The molecule has 1 aliphatic heterocycles. The Morgan fingerprint density at radius 2 is 1.97 bits per heavy atom. The zero-order valence-corrected chi connectivity index (χ0v) is 22.5. The number of hydrogen-bond donors (Lipinski definition) is 0. The summed E-state index contributed by atoms with van der Waals surface area (Å²) in [5, 5.41) is 0.912. The van der Waals surface area contributed by atoms with E-state index in [1.54, 1.807) is 50.3 Å². The number of esters is 1. The Labute approximate surface area is 221 Å². The molecule has 10 heteroatoms. The molecule has 0 spiro atoms. The maximum atomic E-state index is 13.8. The van der Waals surface area contributed by atoms with Gasteiger partial charge >= 0.3 is 5.97 Å². The molecule has 3 aromatic rings. The number of carbonyl (C=O) groups is 1. The van der Waals surface area contributed by atoms with E-state index in [-0.39, 0.29) is 17.7 Å². The zero-order valence-electron chi connectivity index (χ0n) is 20.1. The number of allylic oxidation sites excluding steroid dienone is 1. The quantitative estimate of drug-likeness (QED) is 0.407. The molecule has 1 aliphatic rings. The SMILES string of the molecule is CCOC(=O)C1=C(C)N=c2sc(=Cc3ccc(Cl)cc3Cl)c(=O)n2[C@@H]1c1cccc(OC)c1OCC. The van der Waals surface area contributed by atoms with Crippen molar-refractivity contribution in [3.8, 4) is 11.5 Å². The number of nitrogens with zero attached hydrogens (tertiary/aromatic N) is 2. The summed E-state index contributed by atoms with van der Waals surface area (Å²) in [6.45, 7) is 5.85. The number of fused-ring (bicyclic) bond motifs is 1. The average Bonchev–Trinajstić information content (AvgIpc) is 3.15. The maximum absolute atomic E-state index is 13.8. The highest BCUT2D eigenvalue weighted by atomic mass is 35.5. The molecule has 0 radical (unpaired) electrons. The molecular weight excluding hydrogens is 523 g/mol. The molecule has 7 nitrogen and oxygen atoms in total. The van der Waals surface area contributed by atoms with E-state index >= 15 is 0 Å². The molecule has 1 atom stereocenters. The van der Waals surface area contributed by atoms with E-state index in [9.17, 15) is 9.59 Å². The fraction of sp³-hybridized carbons (Fsp3) is 0.269. The van der Waals surface area contributed by atoms with Crippen molar-refractivity contribution in [1.82, 2.24) is 4.57 Å². The predicted molar refractivity (Wildman–Crippen MR) is 141 cm³/mol. The average molecular weight is 547 g/mol. The number of carbonyl (C=O) groups excluding carboxylic acids is 1. The highest BCUT2D eigenvalue weighted by Gasteiger charge is 2.36. The largest absolute Gasteiger partial charge is 0.493 e. The summed E-state index contributed by atoms with van der Waals surface area (Å²) < 4.78 is 18.7. The monoisotopic (exact) mass is 546 g/mol. The van der Waals surface area contributed by atoms with Crippen molar-refractivity contribution in [3.63, 3.8) is 0 Å². The van der Waals surface area contributed by atoms with Crippen molar-refractivity contribution in [2.45, 2.75) is 26.8 Å². The maximum Gasteiger partial charge on any atom is 0.338 e. The van der Waals surface area contributed by atoms with Crippen molar-refractivity contribution < 1.29 is 19.0 Å². The minimum atomic E-state index is -0.834. The van der Waals surface area contributed by atoms with E-state index in [0.29, 0.717) is 54.3 Å². The van der Waals surface area contributed by atoms with Crippen LogP contribution >= 0.6 is 34.5 Å². The smallest absolute Gasteiger partial charge is 0.338 e. The first-order valence-electron chi connectivity index (χ1n) is 11.2. The second kappa shape index (κ2) is 10.9. The molecular formula is C26H24Cl2N2O5S. The van der Waals surface area contributed by atoms with Crippen LogP contribution in [0.1, 0.15) is 37.9 Å². The van der Waals surface area contributed by atoms with Crippen LogP contribution in [0.25, 0.3) is 6.08 Å². The predicted octanol–water partition coefficient (Wildman–Crippen LogP) is 4.51. The first-order chi connectivity index (χ1) is 17.3. The number of thiazole rings is 1. The van der Waals surface area contributed by atoms with Gasteiger partial charge in [-0.2, -0.15) is 0 Å². The van der Waals surface area contributed by atoms with Gasteiger partial charge in [-0.3, -0.25) is 9.36 Å². The topological polar surface area (TPSA) is 79.1 Å². The summed E-state index contributed by atoms with van der Waals surface area (Å²) >= 11 is 13.6. The van der Waals surface area contributed by atoms with Gasteiger partial charge in [0.15, 0.2) is 16.3 Å². The number of methoxy groups -OCH3 is 1. The molecule has 0 bridgehead atoms. The lowest BCUT2D eigenvalue weighted by Gasteiger charge is -2.26. The van der Waals surface area contributed by atoms with Crippen LogP contribution in [0.5, 0.6) is 11.5 Å². The van der Waals surface area contributed by atoms with Crippen LogP contribution in [0.15, 0.2) is 57.5 Å². The van der Waals surface area contributed by atoms with Crippen LogP contribution in [0.3, 0.4) is 0 Å². The lowest BCUT2D eigenvalue weighted by atomic mass is 9.94. The first kappa shape index (κ1) is 26.0. The molecule has 0 saturated carbocycles. The number of rotatable bonds is 7. The van der Waals surface area contributed by atoms with Gasteiger partial charge < -0.3 is 14.2 Å². The van der Waals surface area contributed by atoms with Crippen LogP contribution in [-0.2, 0) is 9.53 Å². The third-order valence-corrected chi connectivity index (χ3v) is 7.12. The second-order valence-electron chi connectivity index (χ2n) is 7.78. The van der Waals surface area contributed by atoms with Crippen molar-refractivity contribution in [3.05, 3.63) is 88.5 Å². The number of benzene rings is 2. The molecule has 0 amide bonds. The van der Waals surface area contributed by atoms with Crippen LogP contribution in [0.2, 0.25) is 10.0 Å². The molecule has 0 saturated heterocycles. The Kier molecular flexibility index (Phi) is 7.88. The summed E-state index contributed by atoms with van der Waals surface area (Å²) in [4.78, 5) is 32.0. The van der Waals surface area contributed by atoms with E-state index in [0.717, 1.165) is 0 Å². The Bertz CT molecular complexity index is 1540. The molecule has 0 aliphatic carbocycles. The zero-order chi connectivity index (χ0) is 26.0. The number of aromatic nitrogens is 1. The van der Waals surface area contributed by atoms with Gasteiger partial charge in [0.25, 0.3) is 5.56 Å². The van der Waals surface area contributed by atoms with Crippen LogP contribution in [0.4, 0.5) is 0 Å². The fourth-order valence-electron chi connectivity index (χ4n) is 4.05. The van der Waals surface area contributed by atoms with Crippen LogP contribution in [0, 0.1) is 0 Å². The standard InChI is InChI=1S/C26H24Cl2N2O5S/c1-5-34-23-17(8-7-9-19(23)33-4)22-21(25(32)35-6-2)14(3)29-26-30(22)24(31)20(36-26)12-15-10-11-16(27)13-18(15)28/h7-13,22H,5-6H2,1-4H3/t22-/m1/s1. The van der Waals surface area contributed by atoms with Crippen molar-refractivity contribution in [2.24, 2.45) is 4.99 Å². The van der Waals surface area contributed by atoms with E-state index < -0.39 is 12.0 Å². The molecule has 0 N–H and O–H groups in total. The van der Waals surface area contributed by atoms with Gasteiger partial charge in [0, 0.05) is 15.6 Å². The van der Waals surface area contributed by atoms with Crippen LogP contribution < -0.4 is 24.4 Å². The molecule has 0 fully saturated rings. The van der Waals surface area contributed by atoms with Gasteiger partial charge in [0.1, 0.15) is 6.04 Å². The van der Waals surface area contributed by atoms with Crippen LogP contribution in [-0.4, -0.2) is 30.9 Å². The number of hydrogen-bond acceptors (Lipinski definition) is 7. The minimum Gasteiger partial charge on any atom is -0.493 e. The van der Waals surface area contributed by atoms with Crippen molar-refractivity contribution in [2.75, 3.05) is 20.3 Å². The number of ether oxygens (including phenoxy) is 3. The van der Waals surface area contributed by atoms with Gasteiger partial charge in [0.05, 0.1) is 36.1 Å². The number of halogens is 2. The third kappa shape index (κ3) is 4.81. The number of para-hydroxylation sites is 1. The van der Waals surface area contributed by atoms with E-state index in [1.807, 2.05) is 13.0 Å². The molecule has 4 rings (SSSR count). The van der Waals surface area contributed by atoms with Gasteiger partial charge in [-0.15, -0.1) is 0 Å². The Balaban J connectivity index is 2.03.